The lowest BCUT2D eigenvalue weighted by atomic mass is 10.2. The SMILES string of the molecule is COc1ccccc1OCCN1C(=O)S/C(=C\c2ccccc2OS(=O)(=O)c2ccc(C)cc2)C1=O. The Morgan fingerprint density at radius 3 is 2.22 bits per heavy atom. The maximum absolute atomic E-state index is 12.9. The normalized spacial score (nSPS) is 14.8. The molecule has 0 saturated carbocycles. The molecule has 0 unspecified atom stereocenters. The number of hydrogen-bond donors (Lipinski definition) is 0. The van der Waals surface area contributed by atoms with Crippen molar-refractivity contribution < 1.29 is 31.7 Å². The van der Waals surface area contributed by atoms with Crippen LogP contribution in [0.4, 0.5) is 4.79 Å². The highest BCUT2D eigenvalue weighted by molar-refractivity contribution is 8.18. The first kappa shape index (κ1) is 25.3. The van der Waals surface area contributed by atoms with Gasteiger partial charge in [0.1, 0.15) is 17.3 Å². The Hall–Kier alpha value is -3.76. The van der Waals surface area contributed by atoms with Gasteiger partial charge in [-0.3, -0.25) is 14.5 Å². The molecular weight excluding hydrogens is 502 g/mol. The van der Waals surface area contributed by atoms with E-state index < -0.39 is 21.3 Å². The number of carbonyl (C=O) groups excluding carboxylic acids is 2. The fourth-order valence-corrected chi connectivity index (χ4v) is 5.18. The van der Waals surface area contributed by atoms with Gasteiger partial charge in [-0.15, -0.1) is 0 Å². The number of ether oxygens (including phenoxy) is 2. The van der Waals surface area contributed by atoms with E-state index in [-0.39, 0.29) is 28.7 Å². The standard InChI is InChI=1S/C26H23NO7S2/c1-18-11-13-20(14-12-18)36(30,31)34-21-8-4-3-7-19(21)17-24-25(28)27(26(29)35-24)15-16-33-23-10-6-5-9-22(23)32-2/h3-14,17H,15-16H2,1-2H3/b24-17-. The second-order valence-electron chi connectivity index (χ2n) is 7.72. The largest absolute Gasteiger partial charge is 0.493 e. The molecule has 186 valence electrons. The Morgan fingerprint density at radius 2 is 1.53 bits per heavy atom. The highest BCUT2D eigenvalue weighted by Crippen LogP contribution is 2.34. The van der Waals surface area contributed by atoms with E-state index in [0.717, 1.165) is 22.2 Å². The summed E-state index contributed by atoms with van der Waals surface area (Å²) in [7, 11) is -2.57. The lowest BCUT2D eigenvalue weighted by molar-refractivity contribution is -0.123. The van der Waals surface area contributed by atoms with E-state index in [0.29, 0.717) is 17.1 Å². The first-order valence-corrected chi connectivity index (χ1v) is 13.1. The van der Waals surface area contributed by atoms with Crippen molar-refractivity contribution in [3.63, 3.8) is 0 Å². The highest BCUT2D eigenvalue weighted by atomic mass is 32.2. The molecule has 10 heteroatoms. The molecule has 1 saturated heterocycles. The molecule has 0 radical (unpaired) electrons. The summed E-state index contributed by atoms with van der Waals surface area (Å²) >= 11 is 0.768. The van der Waals surface area contributed by atoms with Crippen LogP contribution in [0.5, 0.6) is 17.2 Å². The molecule has 0 N–H and O–H groups in total. The molecule has 1 aliphatic heterocycles. The van der Waals surface area contributed by atoms with Crippen LogP contribution in [-0.4, -0.2) is 44.7 Å². The van der Waals surface area contributed by atoms with Gasteiger partial charge in [-0.2, -0.15) is 8.42 Å². The number of imide groups is 1. The Labute approximate surface area is 213 Å². The monoisotopic (exact) mass is 525 g/mol. The molecule has 0 aliphatic carbocycles. The first-order chi connectivity index (χ1) is 17.3. The zero-order valence-corrected chi connectivity index (χ0v) is 21.2. The Bertz CT molecular complexity index is 1420. The number of aryl methyl sites for hydroxylation is 1. The maximum atomic E-state index is 12.9. The quantitative estimate of drug-likeness (QED) is 0.288. The van der Waals surface area contributed by atoms with E-state index in [1.807, 2.05) is 6.92 Å². The lowest BCUT2D eigenvalue weighted by Crippen LogP contribution is -2.32. The molecule has 4 rings (SSSR count). The zero-order chi connectivity index (χ0) is 25.7. The zero-order valence-electron chi connectivity index (χ0n) is 19.5. The van der Waals surface area contributed by atoms with Crippen molar-refractivity contribution >= 4 is 39.1 Å². The van der Waals surface area contributed by atoms with E-state index >= 15 is 0 Å². The van der Waals surface area contributed by atoms with Crippen molar-refractivity contribution in [2.45, 2.75) is 11.8 Å². The van der Waals surface area contributed by atoms with Gasteiger partial charge in [0.05, 0.1) is 18.6 Å². The Balaban J connectivity index is 1.48. The van der Waals surface area contributed by atoms with Gasteiger partial charge in [0.25, 0.3) is 11.1 Å². The Morgan fingerprint density at radius 1 is 0.889 bits per heavy atom. The average Bonchev–Trinajstić information content (AvgIpc) is 3.13. The summed E-state index contributed by atoms with van der Waals surface area (Å²) in [6.45, 7) is 1.98. The molecule has 3 aromatic rings. The van der Waals surface area contributed by atoms with Crippen LogP contribution in [0, 0.1) is 6.92 Å². The number of amides is 2. The molecule has 0 spiro atoms. The second kappa shape index (κ2) is 10.9. The van der Waals surface area contributed by atoms with Crippen LogP contribution in [0.15, 0.2) is 82.6 Å². The third kappa shape index (κ3) is 5.72. The van der Waals surface area contributed by atoms with Crippen LogP contribution in [0.2, 0.25) is 0 Å². The van der Waals surface area contributed by atoms with E-state index in [1.165, 1.54) is 31.4 Å². The van der Waals surface area contributed by atoms with Gasteiger partial charge < -0.3 is 13.7 Å². The molecule has 1 aliphatic rings. The second-order valence-corrected chi connectivity index (χ2v) is 10.3. The van der Waals surface area contributed by atoms with Gasteiger partial charge in [0.15, 0.2) is 11.5 Å². The van der Waals surface area contributed by atoms with Crippen LogP contribution in [0.3, 0.4) is 0 Å². The predicted molar refractivity (Wildman–Crippen MR) is 137 cm³/mol. The molecular formula is C26H23NO7S2. The van der Waals surface area contributed by atoms with Crippen molar-refractivity contribution in [3.8, 4) is 17.2 Å². The summed E-state index contributed by atoms with van der Waals surface area (Å²) in [6, 6.07) is 19.8. The first-order valence-electron chi connectivity index (χ1n) is 10.9. The summed E-state index contributed by atoms with van der Waals surface area (Å²) < 4.78 is 41.8. The third-order valence-electron chi connectivity index (χ3n) is 5.23. The van der Waals surface area contributed by atoms with E-state index in [2.05, 4.69) is 0 Å². The van der Waals surface area contributed by atoms with Gasteiger partial charge >= 0.3 is 10.1 Å². The lowest BCUT2D eigenvalue weighted by Gasteiger charge is -2.14. The molecule has 0 aromatic heterocycles. The maximum Gasteiger partial charge on any atom is 0.339 e. The minimum Gasteiger partial charge on any atom is -0.493 e. The molecule has 0 bridgehead atoms. The number of para-hydroxylation sites is 3. The molecule has 36 heavy (non-hydrogen) atoms. The van der Waals surface area contributed by atoms with Crippen molar-refractivity contribution in [1.29, 1.82) is 0 Å². The predicted octanol–water partition coefficient (Wildman–Crippen LogP) is 4.89. The number of hydrogen-bond acceptors (Lipinski definition) is 8. The van der Waals surface area contributed by atoms with E-state index in [4.69, 9.17) is 13.7 Å². The van der Waals surface area contributed by atoms with Crippen LogP contribution in [-0.2, 0) is 14.9 Å². The molecule has 0 atom stereocenters. The van der Waals surface area contributed by atoms with Crippen molar-refractivity contribution in [2.75, 3.05) is 20.3 Å². The fourth-order valence-electron chi connectivity index (χ4n) is 3.37. The number of nitrogens with zero attached hydrogens (tertiary/aromatic N) is 1. The summed E-state index contributed by atoms with van der Waals surface area (Å²) in [5, 5.41) is -0.444. The van der Waals surface area contributed by atoms with Crippen LogP contribution in [0.25, 0.3) is 6.08 Å². The average molecular weight is 526 g/mol. The van der Waals surface area contributed by atoms with Gasteiger partial charge in [-0.1, -0.05) is 48.0 Å². The number of rotatable bonds is 9. The number of thioether (sulfide) groups is 1. The minimum absolute atomic E-state index is 0.0123. The summed E-state index contributed by atoms with van der Waals surface area (Å²) in [6.07, 6.45) is 1.45. The van der Waals surface area contributed by atoms with Crippen molar-refractivity contribution in [1.82, 2.24) is 4.90 Å². The number of benzene rings is 3. The third-order valence-corrected chi connectivity index (χ3v) is 7.39. The van der Waals surface area contributed by atoms with Gasteiger partial charge in [0.2, 0.25) is 0 Å². The van der Waals surface area contributed by atoms with E-state index in [9.17, 15) is 18.0 Å². The van der Waals surface area contributed by atoms with Gasteiger partial charge in [-0.25, -0.2) is 0 Å². The van der Waals surface area contributed by atoms with Gasteiger partial charge in [0, 0.05) is 5.56 Å². The Kier molecular flexibility index (Phi) is 7.66. The van der Waals surface area contributed by atoms with Crippen LogP contribution < -0.4 is 13.7 Å². The van der Waals surface area contributed by atoms with Crippen molar-refractivity contribution in [3.05, 3.63) is 88.8 Å². The van der Waals surface area contributed by atoms with Crippen LogP contribution in [0.1, 0.15) is 11.1 Å². The van der Waals surface area contributed by atoms with Crippen molar-refractivity contribution in [2.24, 2.45) is 0 Å². The number of carbonyl (C=O) groups is 2. The minimum atomic E-state index is -4.09. The molecule has 3 aromatic carbocycles. The fraction of sp³-hybridized carbons (Fsp3) is 0.154. The smallest absolute Gasteiger partial charge is 0.339 e. The number of methoxy groups -OCH3 is 1. The summed E-state index contributed by atoms with van der Waals surface area (Å²) in [5.74, 6) is 0.598. The topological polar surface area (TPSA) is 99.2 Å². The van der Waals surface area contributed by atoms with Gasteiger partial charge in [-0.05, 0) is 55.1 Å². The highest BCUT2D eigenvalue weighted by Gasteiger charge is 2.35. The van der Waals surface area contributed by atoms with Crippen LogP contribution >= 0.6 is 11.8 Å². The molecule has 8 nitrogen and oxygen atoms in total. The molecule has 1 fully saturated rings. The molecule has 2 amide bonds. The summed E-state index contributed by atoms with van der Waals surface area (Å²) in [4.78, 5) is 26.7. The van der Waals surface area contributed by atoms with E-state index in [1.54, 1.807) is 54.6 Å². The molecule has 1 heterocycles. The summed E-state index contributed by atoms with van der Waals surface area (Å²) in [5.41, 5.74) is 1.27.